The van der Waals surface area contributed by atoms with Crippen molar-refractivity contribution in [3.8, 4) is 22.3 Å². The number of rotatable bonds is 11. The van der Waals surface area contributed by atoms with Crippen molar-refractivity contribution >= 4 is 56.1 Å². The van der Waals surface area contributed by atoms with Crippen molar-refractivity contribution in [2.75, 3.05) is 13.7 Å². The first-order valence-corrected chi connectivity index (χ1v) is 25.5. The Bertz CT molecular complexity index is 2630. The maximum Gasteiger partial charge on any atom is 0.408 e. The number of nitrogens with zero attached hydrogens (tertiary/aromatic N) is 4. The van der Waals surface area contributed by atoms with Crippen LogP contribution in [0.4, 0.5) is 4.79 Å². The van der Waals surface area contributed by atoms with Gasteiger partial charge >= 0.3 is 6.09 Å². The number of alkyl carbamates (subject to hydrolysis) is 1. The van der Waals surface area contributed by atoms with Gasteiger partial charge in [-0.25, -0.2) is 18.2 Å². The number of amides is 3. The van der Waals surface area contributed by atoms with Gasteiger partial charge in [0.2, 0.25) is 21.8 Å². The second kappa shape index (κ2) is 18.4. The molecule has 0 unspecified atom stereocenters. The highest BCUT2D eigenvalue weighted by Gasteiger charge is 2.62. The molecule has 2 aliphatic heterocycles. The number of methoxy groups -OCH3 is 1. The average molecular weight is 943 g/mol. The lowest BCUT2D eigenvalue weighted by atomic mass is 9.91. The highest BCUT2D eigenvalue weighted by Crippen LogP contribution is 2.57. The Morgan fingerprint density at radius 2 is 1.79 bits per heavy atom. The third-order valence-corrected chi connectivity index (χ3v) is 16.4. The van der Waals surface area contributed by atoms with Crippen LogP contribution in [0, 0.1) is 11.3 Å². The number of carbonyl (C=O) groups excluding carboxylic acids is 4. The molecule has 354 valence electrons. The number of ether oxygens (including phenoxy) is 3. The molecule has 17 heteroatoms. The lowest BCUT2D eigenvalue weighted by Crippen LogP contribution is -2.53. The van der Waals surface area contributed by atoms with Gasteiger partial charge in [-0.05, 0) is 116 Å². The molecule has 2 N–H and O–H groups in total. The normalized spacial score (nSPS) is 25.0. The summed E-state index contributed by atoms with van der Waals surface area (Å²) >= 11 is 1.54. The Balaban J connectivity index is 1.10. The number of allylic oxidation sites excluding steroid dienone is 2. The summed E-state index contributed by atoms with van der Waals surface area (Å²) in [5.74, 6) is -1.08. The van der Waals surface area contributed by atoms with Crippen LogP contribution < -0.4 is 19.5 Å². The number of benzene rings is 2. The molecule has 66 heavy (non-hydrogen) atoms. The number of para-hydroxylation sites is 1. The predicted molar refractivity (Wildman–Crippen MR) is 252 cm³/mol. The number of thiazole rings is 1. The third kappa shape index (κ3) is 10.0. The van der Waals surface area contributed by atoms with Gasteiger partial charge in [-0.2, -0.15) is 4.98 Å². The minimum absolute atomic E-state index is 0.00631. The van der Waals surface area contributed by atoms with E-state index in [1.165, 1.54) is 16.2 Å². The molecule has 2 saturated carbocycles. The van der Waals surface area contributed by atoms with Crippen LogP contribution in [-0.4, -0.2) is 93.7 Å². The molecular weight excluding hydrogens is 881 g/mol. The lowest BCUT2D eigenvalue weighted by Gasteiger charge is -2.30. The Morgan fingerprint density at radius 3 is 2.48 bits per heavy atom. The Labute approximate surface area is 391 Å². The molecule has 2 aromatic carbocycles. The van der Waals surface area contributed by atoms with E-state index in [0.29, 0.717) is 56.5 Å². The van der Waals surface area contributed by atoms with E-state index >= 15 is 0 Å². The molecule has 4 aromatic rings. The maximum absolute atomic E-state index is 14.8. The SMILES string of the molecule is COc1ccc(Cc2csc(-c3cccc4c3nc(O[C@@H]3C[C@H]5C(=O)C[C@]6(C(=O)NS(=O)(=O)C7(C)CC7)C[C@H]6/C=C\CCCCC[C@H](NC(=O)OC(C)(C)C)C(=O)N5C3)n4C(C)C)n2)cc1. The van der Waals surface area contributed by atoms with E-state index in [9.17, 15) is 27.6 Å². The summed E-state index contributed by atoms with van der Waals surface area (Å²) in [6.45, 7) is 10.9. The van der Waals surface area contributed by atoms with Crippen LogP contribution in [0.2, 0.25) is 0 Å². The van der Waals surface area contributed by atoms with Gasteiger partial charge in [-0.3, -0.25) is 23.7 Å². The molecule has 4 heterocycles. The summed E-state index contributed by atoms with van der Waals surface area (Å²) < 4.78 is 47.7. The van der Waals surface area contributed by atoms with E-state index in [1.807, 2.05) is 78.4 Å². The van der Waals surface area contributed by atoms with Gasteiger partial charge in [0.05, 0.1) is 41.1 Å². The van der Waals surface area contributed by atoms with Gasteiger partial charge < -0.3 is 24.4 Å². The molecular formula is C49H62N6O9S2. The summed E-state index contributed by atoms with van der Waals surface area (Å²) in [7, 11) is -2.33. The van der Waals surface area contributed by atoms with Gasteiger partial charge in [0, 0.05) is 36.2 Å². The van der Waals surface area contributed by atoms with Gasteiger partial charge in [0.1, 0.15) is 34.0 Å². The summed E-state index contributed by atoms with van der Waals surface area (Å²) in [5.41, 5.74) is 2.30. The first-order chi connectivity index (χ1) is 31.3. The van der Waals surface area contributed by atoms with Crippen molar-refractivity contribution in [2.24, 2.45) is 11.3 Å². The molecule has 2 aromatic heterocycles. The second-order valence-electron chi connectivity index (χ2n) is 19.9. The van der Waals surface area contributed by atoms with Crippen LogP contribution >= 0.6 is 11.3 Å². The molecule has 1 saturated heterocycles. The van der Waals surface area contributed by atoms with Crippen LogP contribution in [0.5, 0.6) is 11.8 Å². The number of ketones is 1. The van der Waals surface area contributed by atoms with Crippen molar-refractivity contribution in [1.82, 2.24) is 29.5 Å². The number of nitrogens with one attached hydrogen (secondary N) is 2. The Hall–Kier alpha value is -5.29. The van der Waals surface area contributed by atoms with Gasteiger partial charge in [-0.15, -0.1) is 11.3 Å². The first kappa shape index (κ1) is 47.2. The Kier molecular flexibility index (Phi) is 13.2. The van der Waals surface area contributed by atoms with Gasteiger partial charge in [0.25, 0.3) is 6.01 Å². The molecule has 0 bridgehead atoms. The van der Waals surface area contributed by atoms with Crippen molar-refractivity contribution in [2.45, 2.75) is 147 Å². The molecule has 0 radical (unpaired) electrons. The van der Waals surface area contributed by atoms with Gasteiger partial charge in [0.15, 0.2) is 5.78 Å². The van der Waals surface area contributed by atoms with Crippen LogP contribution in [0.15, 0.2) is 60.0 Å². The summed E-state index contributed by atoms with van der Waals surface area (Å²) in [6, 6.07) is 12.1. The second-order valence-corrected chi connectivity index (χ2v) is 23.0. The van der Waals surface area contributed by atoms with E-state index < -0.39 is 61.9 Å². The number of aromatic nitrogens is 3. The van der Waals surface area contributed by atoms with Crippen molar-refractivity contribution in [3.05, 3.63) is 71.3 Å². The summed E-state index contributed by atoms with van der Waals surface area (Å²) in [5, 5.41) is 5.66. The number of Topliss-reactive ketones (excluding diaryl/α,β-unsaturated/α-hetero) is 1. The molecule has 15 nitrogen and oxygen atoms in total. The summed E-state index contributed by atoms with van der Waals surface area (Å²) in [4.78, 5) is 68.5. The minimum Gasteiger partial charge on any atom is -0.497 e. The zero-order chi connectivity index (χ0) is 47.2. The molecule has 3 fully saturated rings. The largest absolute Gasteiger partial charge is 0.497 e. The predicted octanol–water partition coefficient (Wildman–Crippen LogP) is 8.07. The fraction of sp³-hybridized carbons (Fsp3) is 0.551. The van der Waals surface area contributed by atoms with Crippen LogP contribution in [0.3, 0.4) is 0 Å². The van der Waals surface area contributed by atoms with E-state index in [2.05, 4.69) is 10.0 Å². The number of hydrogen-bond donors (Lipinski definition) is 2. The number of fused-ring (bicyclic) bond motifs is 3. The van der Waals surface area contributed by atoms with E-state index in [1.54, 1.807) is 34.8 Å². The minimum atomic E-state index is -3.98. The highest BCUT2D eigenvalue weighted by molar-refractivity contribution is 7.91. The fourth-order valence-electron chi connectivity index (χ4n) is 9.20. The molecule has 4 aliphatic rings. The smallest absolute Gasteiger partial charge is 0.408 e. The van der Waals surface area contributed by atoms with Crippen molar-refractivity contribution in [3.63, 3.8) is 0 Å². The first-order valence-electron chi connectivity index (χ1n) is 23.1. The molecule has 0 spiro atoms. The maximum atomic E-state index is 14.8. The molecule has 8 rings (SSSR count). The molecule has 3 amide bonds. The zero-order valence-corrected chi connectivity index (χ0v) is 40.6. The standard InChI is InChI=1S/C49H62N6O9S2/c1-30(2)55-38-17-13-15-36(42-50-33(29-65-42)24-31-18-20-34(62-7)21-19-31)41(38)52-45(55)63-35-25-39-40(56)27-49(44(58)53-66(60,61)48(6)22-23-48)26-32(49)14-11-9-8-10-12-16-37(43(57)54(39)28-35)51-46(59)64-47(3,4)5/h11,13-15,17-21,29-30,32,35,37,39H,8-10,12,16,22-28H2,1-7H3,(H,51,59)(H,53,58)/b14-11-/t32-,35-,37+,39+,49-/m1/s1. The quantitative estimate of drug-likeness (QED) is 0.139. The van der Waals surface area contributed by atoms with E-state index in [-0.39, 0.29) is 37.1 Å². The number of hydrogen-bond acceptors (Lipinski definition) is 12. The van der Waals surface area contributed by atoms with Gasteiger partial charge in [-0.1, -0.05) is 43.2 Å². The number of carbonyl (C=O) groups is 4. The highest BCUT2D eigenvalue weighted by atomic mass is 32.2. The van der Waals surface area contributed by atoms with Crippen molar-refractivity contribution < 1.29 is 41.8 Å². The summed E-state index contributed by atoms with van der Waals surface area (Å²) in [6.07, 6.45) is 7.40. The van der Waals surface area contributed by atoms with E-state index in [0.717, 1.165) is 45.9 Å². The monoisotopic (exact) mass is 942 g/mol. The Morgan fingerprint density at radius 1 is 1.03 bits per heavy atom. The third-order valence-electron chi connectivity index (χ3n) is 13.3. The topological polar surface area (TPSA) is 188 Å². The zero-order valence-electron chi connectivity index (χ0n) is 38.9. The molecule has 5 atom stereocenters. The number of sulfonamides is 1. The van der Waals surface area contributed by atoms with Crippen LogP contribution in [-0.2, 0) is 35.6 Å². The lowest BCUT2D eigenvalue weighted by molar-refractivity contribution is -0.140. The van der Waals surface area contributed by atoms with Crippen molar-refractivity contribution in [1.29, 1.82) is 0 Å². The fourth-order valence-corrected chi connectivity index (χ4v) is 11.4. The average Bonchev–Trinajstić information content (AvgIpc) is 3.95. The van der Waals surface area contributed by atoms with Crippen LogP contribution in [0.1, 0.15) is 123 Å². The molecule has 2 aliphatic carbocycles. The number of imidazole rings is 1. The van der Waals surface area contributed by atoms with E-state index in [4.69, 9.17) is 24.2 Å². The van der Waals surface area contributed by atoms with Crippen LogP contribution in [0.25, 0.3) is 21.6 Å².